The molecule has 1 aromatic heterocycles. The lowest BCUT2D eigenvalue weighted by molar-refractivity contribution is -0.103. The van der Waals surface area contributed by atoms with Gasteiger partial charge in [0.1, 0.15) is 11.9 Å². The summed E-state index contributed by atoms with van der Waals surface area (Å²) in [4.78, 5) is 14.1. The molecule has 5 nitrogen and oxygen atoms in total. The largest absolute Gasteiger partial charge is 0.497 e. The lowest BCUT2D eigenvalue weighted by atomic mass is 10.0. The quantitative estimate of drug-likeness (QED) is 0.734. The van der Waals surface area contributed by atoms with E-state index in [1.807, 2.05) is 36.5 Å². The molecule has 1 aromatic carbocycles. The highest BCUT2D eigenvalue weighted by Gasteiger charge is 2.21. The first kappa shape index (κ1) is 13.5. The number of hydrogen-bond donors (Lipinski definition) is 3. The van der Waals surface area contributed by atoms with Crippen molar-refractivity contribution in [2.75, 3.05) is 7.11 Å². The molecule has 0 saturated carbocycles. The summed E-state index contributed by atoms with van der Waals surface area (Å²) in [5, 5.41) is 6.64. The number of aldehydes is 1. The summed E-state index contributed by atoms with van der Waals surface area (Å²) in [6.45, 7) is 0.719. The predicted octanol–water partition coefficient (Wildman–Crippen LogP) is 1.95. The van der Waals surface area contributed by atoms with Crippen LogP contribution in [0.2, 0.25) is 0 Å². The smallest absolute Gasteiger partial charge is 0.153 e. The second kappa shape index (κ2) is 5.85. The molecule has 1 unspecified atom stereocenters. The predicted molar refractivity (Wildman–Crippen MR) is 80.5 cm³/mol. The van der Waals surface area contributed by atoms with Gasteiger partial charge in [0, 0.05) is 24.5 Å². The zero-order chi connectivity index (χ0) is 14.7. The van der Waals surface area contributed by atoms with Crippen LogP contribution in [0.4, 0.5) is 0 Å². The zero-order valence-corrected chi connectivity index (χ0v) is 11.7. The van der Waals surface area contributed by atoms with Gasteiger partial charge in [-0.3, -0.25) is 10.1 Å². The van der Waals surface area contributed by atoms with Gasteiger partial charge in [-0.05, 0) is 23.8 Å². The van der Waals surface area contributed by atoms with E-state index in [0.717, 1.165) is 29.8 Å². The topological polar surface area (TPSA) is 66.2 Å². The number of benzene rings is 1. The van der Waals surface area contributed by atoms with E-state index in [2.05, 4.69) is 15.6 Å². The Balaban J connectivity index is 1.69. The van der Waals surface area contributed by atoms with Crippen LogP contribution in [0.25, 0.3) is 5.57 Å². The normalized spacial score (nSPS) is 16.6. The van der Waals surface area contributed by atoms with Crippen molar-refractivity contribution < 1.29 is 9.53 Å². The van der Waals surface area contributed by atoms with Gasteiger partial charge < -0.3 is 15.0 Å². The zero-order valence-electron chi connectivity index (χ0n) is 11.7. The molecule has 0 radical (unpaired) electrons. The number of allylic oxidation sites excluding steroid dienone is 1. The number of nitrogens with one attached hydrogen (secondary N) is 3. The van der Waals surface area contributed by atoms with E-state index in [-0.39, 0.29) is 6.17 Å². The fourth-order valence-electron chi connectivity index (χ4n) is 2.43. The van der Waals surface area contributed by atoms with Crippen LogP contribution in [0.5, 0.6) is 5.75 Å². The van der Waals surface area contributed by atoms with Crippen LogP contribution in [-0.2, 0) is 11.3 Å². The Kier molecular flexibility index (Phi) is 3.75. The molecule has 21 heavy (non-hydrogen) atoms. The summed E-state index contributed by atoms with van der Waals surface area (Å²) >= 11 is 0. The Bertz CT molecular complexity index is 658. The van der Waals surface area contributed by atoms with Gasteiger partial charge in [-0.25, -0.2) is 0 Å². The lowest BCUT2D eigenvalue weighted by Gasteiger charge is -2.24. The second-order valence-electron chi connectivity index (χ2n) is 4.85. The number of carbonyl (C=O) groups excluding carboxylic acids is 1. The van der Waals surface area contributed by atoms with Gasteiger partial charge in [0.15, 0.2) is 6.29 Å². The average Bonchev–Trinajstić information content (AvgIpc) is 3.03. The number of methoxy groups -OCH3 is 1. The first-order valence-corrected chi connectivity index (χ1v) is 6.77. The van der Waals surface area contributed by atoms with E-state index in [0.29, 0.717) is 5.57 Å². The van der Waals surface area contributed by atoms with Gasteiger partial charge in [0.05, 0.1) is 18.4 Å². The van der Waals surface area contributed by atoms with Crippen molar-refractivity contribution in [2.45, 2.75) is 12.7 Å². The number of aromatic nitrogens is 1. The van der Waals surface area contributed by atoms with Gasteiger partial charge in [-0.1, -0.05) is 12.1 Å². The fraction of sp³-hybridized carbons (Fsp3) is 0.188. The van der Waals surface area contributed by atoms with Crippen molar-refractivity contribution in [3.8, 4) is 5.75 Å². The van der Waals surface area contributed by atoms with Crippen LogP contribution in [0.15, 0.2) is 42.7 Å². The lowest BCUT2D eigenvalue weighted by Crippen LogP contribution is -2.33. The van der Waals surface area contributed by atoms with Gasteiger partial charge in [-0.2, -0.15) is 0 Å². The van der Waals surface area contributed by atoms with E-state index in [9.17, 15) is 4.79 Å². The number of aromatic amines is 1. The molecule has 108 valence electrons. The molecule has 0 bridgehead atoms. The molecule has 3 rings (SSSR count). The minimum Gasteiger partial charge on any atom is -0.497 e. The number of rotatable bonds is 5. The molecule has 5 heteroatoms. The standard InChI is InChI=1S/C16H17N3O2/c1-21-13-4-2-11(3-5-13)8-18-16-14-6-7-17-15(14)12(10-20)9-19-16/h2-7,9-10,16-19H,8H2,1H3. The summed E-state index contributed by atoms with van der Waals surface area (Å²) in [5.74, 6) is 0.848. The minimum absolute atomic E-state index is 0.0166. The molecule has 3 N–H and O–H groups in total. The third-order valence-corrected chi connectivity index (χ3v) is 3.58. The van der Waals surface area contributed by atoms with Crippen molar-refractivity contribution in [2.24, 2.45) is 0 Å². The Labute approximate surface area is 123 Å². The molecular formula is C16H17N3O2. The number of H-pyrrole nitrogens is 1. The van der Waals surface area contributed by atoms with E-state index in [1.165, 1.54) is 5.56 Å². The SMILES string of the molecule is COc1ccc(CNC2NC=C(C=O)c3[nH]ccc32)cc1. The molecule has 0 spiro atoms. The van der Waals surface area contributed by atoms with Crippen LogP contribution in [0, 0.1) is 0 Å². The molecule has 1 aliphatic rings. The van der Waals surface area contributed by atoms with Gasteiger partial charge in [0.25, 0.3) is 0 Å². The van der Waals surface area contributed by atoms with Crippen LogP contribution < -0.4 is 15.4 Å². The molecule has 1 aliphatic heterocycles. The Morgan fingerprint density at radius 1 is 1.29 bits per heavy atom. The third kappa shape index (κ3) is 2.68. The minimum atomic E-state index is -0.0166. The highest BCUT2D eigenvalue weighted by Crippen LogP contribution is 2.25. The Hall–Kier alpha value is -2.53. The summed E-state index contributed by atoms with van der Waals surface area (Å²) in [6, 6.07) is 9.91. The maximum atomic E-state index is 11.0. The number of carbonyl (C=O) groups is 1. The second-order valence-corrected chi connectivity index (χ2v) is 4.85. The Morgan fingerprint density at radius 3 is 2.81 bits per heavy atom. The van der Waals surface area contributed by atoms with Crippen LogP contribution in [-0.4, -0.2) is 18.4 Å². The van der Waals surface area contributed by atoms with E-state index < -0.39 is 0 Å². The van der Waals surface area contributed by atoms with Gasteiger partial charge >= 0.3 is 0 Å². The summed E-state index contributed by atoms with van der Waals surface area (Å²) in [5.41, 5.74) is 3.72. The third-order valence-electron chi connectivity index (χ3n) is 3.58. The highest BCUT2D eigenvalue weighted by atomic mass is 16.5. The Morgan fingerprint density at radius 2 is 2.10 bits per heavy atom. The molecule has 0 fully saturated rings. The van der Waals surface area contributed by atoms with Crippen LogP contribution in [0.1, 0.15) is 23.0 Å². The van der Waals surface area contributed by atoms with Crippen LogP contribution in [0.3, 0.4) is 0 Å². The van der Waals surface area contributed by atoms with Gasteiger partial charge in [-0.15, -0.1) is 0 Å². The number of hydrogen-bond acceptors (Lipinski definition) is 4. The average molecular weight is 283 g/mol. The fourth-order valence-corrected chi connectivity index (χ4v) is 2.43. The number of fused-ring (bicyclic) bond motifs is 1. The van der Waals surface area contributed by atoms with Crippen molar-refractivity contribution in [1.82, 2.24) is 15.6 Å². The van der Waals surface area contributed by atoms with Crippen molar-refractivity contribution in [1.29, 1.82) is 0 Å². The molecule has 0 saturated heterocycles. The first-order valence-electron chi connectivity index (χ1n) is 6.77. The maximum Gasteiger partial charge on any atom is 0.153 e. The summed E-state index contributed by atoms with van der Waals surface area (Å²) in [6.07, 6.45) is 4.41. The van der Waals surface area contributed by atoms with Crippen molar-refractivity contribution in [3.63, 3.8) is 0 Å². The molecule has 2 aromatic rings. The van der Waals surface area contributed by atoms with E-state index in [4.69, 9.17) is 4.74 Å². The van der Waals surface area contributed by atoms with Crippen molar-refractivity contribution >= 4 is 11.9 Å². The summed E-state index contributed by atoms with van der Waals surface area (Å²) in [7, 11) is 1.66. The molecule has 0 aliphatic carbocycles. The number of ether oxygens (including phenoxy) is 1. The van der Waals surface area contributed by atoms with Crippen molar-refractivity contribution in [3.05, 3.63) is 59.5 Å². The van der Waals surface area contributed by atoms with E-state index in [1.54, 1.807) is 13.3 Å². The molecular weight excluding hydrogens is 266 g/mol. The molecule has 2 heterocycles. The first-order chi connectivity index (χ1) is 10.3. The van der Waals surface area contributed by atoms with Crippen LogP contribution >= 0.6 is 0 Å². The highest BCUT2D eigenvalue weighted by molar-refractivity contribution is 6.07. The monoisotopic (exact) mass is 283 g/mol. The van der Waals surface area contributed by atoms with Gasteiger partial charge in [0.2, 0.25) is 0 Å². The maximum absolute atomic E-state index is 11.0. The molecule has 1 atom stereocenters. The molecule has 0 amide bonds. The van der Waals surface area contributed by atoms with E-state index >= 15 is 0 Å². The summed E-state index contributed by atoms with van der Waals surface area (Å²) < 4.78 is 5.15.